The van der Waals surface area contributed by atoms with Crippen molar-refractivity contribution >= 4 is 11.4 Å². The van der Waals surface area contributed by atoms with Crippen molar-refractivity contribution in [2.24, 2.45) is 11.8 Å². The number of anilines is 2. The molecule has 76 valence electrons. The molecular formula is C12H18N2. The Morgan fingerprint density at radius 3 is 2.79 bits per heavy atom. The minimum atomic E-state index is 0.856. The fraction of sp³-hybridized carbons (Fsp3) is 0.500. The maximum Gasteiger partial charge on any atom is 0.0603 e. The number of benzene rings is 1. The number of nitrogens with two attached hydrogens (primary N) is 1. The van der Waals surface area contributed by atoms with E-state index in [4.69, 9.17) is 5.73 Å². The first-order valence-corrected chi connectivity index (χ1v) is 5.27. The van der Waals surface area contributed by atoms with E-state index >= 15 is 0 Å². The van der Waals surface area contributed by atoms with Crippen LogP contribution < -0.4 is 11.1 Å². The third kappa shape index (κ3) is 1.84. The zero-order valence-electron chi connectivity index (χ0n) is 8.88. The highest BCUT2D eigenvalue weighted by molar-refractivity contribution is 5.69. The Balaban J connectivity index is 2.01. The van der Waals surface area contributed by atoms with Crippen LogP contribution in [-0.2, 0) is 0 Å². The van der Waals surface area contributed by atoms with Crippen molar-refractivity contribution in [2.75, 3.05) is 17.6 Å². The molecule has 2 nitrogen and oxygen atoms in total. The first-order chi connectivity index (χ1) is 6.68. The summed E-state index contributed by atoms with van der Waals surface area (Å²) in [5.74, 6) is 1.75. The predicted octanol–water partition coefficient (Wildman–Crippen LogP) is 2.65. The van der Waals surface area contributed by atoms with Crippen LogP contribution in [0.2, 0.25) is 0 Å². The van der Waals surface area contributed by atoms with E-state index in [9.17, 15) is 0 Å². The van der Waals surface area contributed by atoms with Gasteiger partial charge >= 0.3 is 0 Å². The molecule has 0 bridgehead atoms. The topological polar surface area (TPSA) is 38.0 Å². The molecular weight excluding hydrogens is 172 g/mol. The van der Waals surface area contributed by atoms with Gasteiger partial charge in [0.2, 0.25) is 0 Å². The van der Waals surface area contributed by atoms with Gasteiger partial charge in [0.25, 0.3) is 0 Å². The van der Waals surface area contributed by atoms with Crippen molar-refractivity contribution < 1.29 is 0 Å². The SMILES string of the molecule is Cc1cccc(N)c1NCC1CC1C. The van der Waals surface area contributed by atoms with Crippen molar-refractivity contribution in [3.8, 4) is 0 Å². The summed E-state index contributed by atoms with van der Waals surface area (Å²) in [5.41, 5.74) is 9.11. The molecule has 0 aromatic heterocycles. The van der Waals surface area contributed by atoms with E-state index in [0.29, 0.717) is 0 Å². The molecule has 2 atom stereocenters. The molecule has 1 aromatic rings. The Morgan fingerprint density at radius 2 is 2.21 bits per heavy atom. The average molecular weight is 190 g/mol. The maximum atomic E-state index is 5.90. The largest absolute Gasteiger partial charge is 0.397 e. The minimum Gasteiger partial charge on any atom is -0.397 e. The zero-order valence-corrected chi connectivity index (χ0v) is 8.88. The van der Waals surface area contributed by atoms with Crippen molar-refractivity contribution in [3.63, 3.8) is 0 Å². The van der Waals surface area contributed by atoms with Gasteiger partial charge in [-0.05, 0) is 36.8 Å². The number of nitrogen functional groups attached to an aromatic ring is 1. The van der Waals surface area contributed by atoms with Crippen LogP contribution in [0.25, 0.3) is 0 Å². The lowest BCUT2D eigenvalue weighted by atomic mass is 10.1. The molecule has 1 saturated carbocycles. The first kappa shape index (κ1) is 9.38. The number of nitrogens with one attached hydrogen (secondary N) is 1. The number of hydrogen-bond acceptors (Lipinski definition) is 2. The first-order valence-electron chi connectivity index (χ1n) is 5.27. The Morgan fingerprint density at radius 1 is 1.50 bits per heavy atom. The highest BCUT2D eigenvalue weighted by Gasteiger charge is 2.31. The fourth-order valence-corrected chi connectivity index (χ4v) is 1.85. The summed E-state index contributed by atoms with van der Waals surface area (Å²) in [6.45, 7) is 5.46. The number of rotatable bonds is 3. The summed E-state index contributed by atoms with van der Waals surface area (Å²) >= 11 is 0. The van der Waals surface area contributed by atoms with Gasteiger partial charge in [-0.3, -0.25) is 0 Å². The molecule has 0 radical (unpaired) electrons. The molecule has 1 aliphatic carbocycles. The summed E-state index contributed by atoms with van der Waals surface area (Å²) in [6, 6.07) is 6.04. The summed E-state index contributed by atoms with van der Waals surface area (Å²) in [4.78, 5) is 0. The molecule has 2 rings (SSSR count). The van der Waals surface area contributed by atoms with Crippen LogP contribution in [-0.4, -0.2) is 6.54 Å². The number of para-hydroxylation sites is 1. The molecule has 0 spiro atoms. The van der Waals surface area contributed by atoms with Gasteiger partial charge in [-0.15, -0.1) is 0 Å². The fourth-order valence-electron chi connectivity index (χ4n) is 1.85. The maximum absolute atomic E-state index is 5.90. The van der Waals surface area contributed by atoms with Crippen LogP contribution in [0, 0.1) is 18.8 Å². The summed E-state index contributed by atoms with van der Waals surface area (Å²) in [5, 5.41) is 3.45. The third-order valence-electron chi connectivity index (χ3n) is 3.12. The van der Waals surface area contributed by atoms with E-state index in [-0.39, 0.29) is 0 Å². The quantitative estimate of drug-likeness (QED) is 0.719. The second kappa shape index (κ2) is 3.52. The second-order valence-electron chi connectivity index (χ2n) is 4.39. The smallest absolute Gasteiger partial charge is 0.0603 e. The molecule has 14 heavy (non-hydrogen) atoms. The standard InChI is InChI=1S/C12H18N2/c1-8-4-3-5-11(13)12(8)14-7-10-6-9(10)2/h3-5,9-10,14H,6-7,13H2,1-2H3. The van der Waals surface area contributed by atoms with Gasteiger partial charge in [0, 0.05) is 6.54 Å². The molecule has 1 fully saturated rings. The molecule has 0 heterocycles. The monoisotopic (exact) mass is 190 g/mol. The van der Waals surface area contributed by atoms with Crippen LogP contribution in [0.15, 0.2) is 18.2 Å². The Bertz CT molecular complexity index is 313. The number of aryl methyl sites for hydroxylation is 1. The van der Waals surface area contributed by atoms with Crippen molar-refractivity contribution in [2.45, 2.75) is 20.3 Å². The third-order valence-corrected chi connectivity index (χ3v) is 3.12. The van der Waals surface area contributed by atoms with Gasteiger partial charge in [-0.25, -0.2) is 0 Å². The normalized spacial score (nSPS) is 24.7. The average Bonchev–Trinajstić information content (AvgIpc) is 2.81. The minimum absolute atomic E-state index is 0.856. The van der Waals surface area contributed by atoms with Crippen LogP contribution in [0.5, 0.6) is 0 Å². The van der Waals surface area contributed by atoms with Gasteiger partial charge in [-0.1, -0.05) is 19.1 Å². The van der Waals surface area contributed by atoms with E-state index in [1.54, 1.807) is 0 Å². The molecule has 1 aromatic carbocycles. The van der Waals surface area contributed by atoms with Crippen molar-refractivity contribution in [1.82, 2.24) is 0 Å². The predicted molar refractivity (Wildman–Crippen MR) is 61.4 cm³/mol. The summed E-state index contributed by atoms with van der Waals surface area (Å²) in [6.07, 6.45) is 1.36. The summed E-state index contributed by atoms with van der Waals surface area (Å²) in [7, 11) is 0. The van der Waals surface area contributed by atoms with E-state index in [1.165, 1.54) is 12.0 Å². The van der Waals surface area contributed by atoms with E-state index in [0.717, 1.165) is 29.8 Å². The lowest BCUT2D eigenvalue weighted by Crippen LogP contribution is -2.07. The Hall–Kier alpha value is -1.18. The number of hydrogen-bond donors (Lipinski definition) is 2. The summed E-state index contributed by atoms with van der Waals surface area (Å²) < 4.78 is 0. The van der Waals surface area contributed by atoms with E-state index < -0.39 is 0 Å². The molecule has 0 aliphatic heterocycles. The molecule has 0 saturated heterocycles. The van der Waals surface area contributed by atoms with Crippen LogP contribution >= 0.6 is 0 Å². The van der Waals surface area contributed by atoms with E-state index in [1.807, 2.05) is 12.1 Å². The lowest BCUT2D eigenvalue weighted by Gasteiger charge is -2.11. The molecule has 1 aliphatic rings. The van der Waals surface area contributed by atoms with Crippen molar-refractivity contribution in [3.05, 3.63) is 23.8 Å². The van der Waals surface area contributed by atoms with Gasteiger partial charge in [-0.2, -0.15) is 0 Å². The molecule has 2 heteroatoms. The van der Waals surface area contributed by atoms with Gasteiger partial charge in [0.15, 0.2) is 0 Å². The molecule has 3 N–H and O–H groups in total. The Labute approximate surface area is 85.5 Å². The Kier molecular flexibility index (Phi) is 2.36. The highest BCUT2D eigenvalue weighted by Crippen LogP contribution is 2.38. The van der Waals surface area contributed by atoms with Crippen molar-refractivity contribution in [1.29, 1.82) is 0 Å². The molecule has 2 unspecified atom stereocenters. The second-order valence-corrected chi connectivity index (χ2v) is 4.39. The highest BCUT2D eigenvalue weighted by atomic mass is 14.9. The lowest BCUT2D eigenvalue weighted by molar-refractivity contribution is 0.787. The molecule has 0 amide bonds. The van der Waals surface area contributed by atoms with E-state index in [2.05, 4.69) is 25.2 Å². The van der Waals surface area contributed by atoms with Gasteiger partial charge < -0.3 is 11.1 Å². The zero-order chi connectivity index (χ0) is 10.1. The van der Waals surface area contributed by atoms with Crippen LogP contribution in [0.4, 0.5) is 11.4 Å². The van der Waals surface area contributed by atoms with Crippen LogP contribution in [0.1, 0.15) is 18.9 Å². The van der Waals surface area contributed by atoms with Gasteiger partial charge in [0.1, 0.15) is 0 Å². The van der Waals surface area contributed by atoms with Gasteiger partial charge in [0.05, 0.1) is 11.4 Å². The van der Waals surface area contributed by atoms with Crippen LogP contribution in [0.3, 0.4) is 0 Å².